The van der Waals surface area contributed by atoms with Crippen LogP contribution in [0.15, 0.2) is 24.5 Å². The molecule has 1 aliphatic carbocycles. The van der Waals surface area contributed by atoms with Gasteiger partial charge in [0.15, 0.2) is 0 Å². The third kappa shape index (κ3) is 5.87. The number of aromatic nitrogens is 2. The Bertz CT molecular complexity index is 1120. The van der Waals surface area contributed by atoms with Crippen LogP contribution in [0.25, 0.3) is 0 Å². The summed E-state index contributed by atoms with van der Waals surface area (Å²) in [4.78, 5) is 26.0. The zero-order valence-corrected chi connectivity index (χ0v) is 21.2. The van der Waals surface area contributed by atoms with Gasteiger partial charge in [0.1, 0.15) is 18.0 Å². The highest BCUT2D eigenvalue weighted by molar-refractivity contribution is 5.84. The van der Waals surface area contributed by atoms with Crippen molar-refractivity contribution in [1.82, 2.24) is 20.2 Å². The average molecular weight is 524 g/mol. The Hall–Kier alpha value is -2.79. The van der Waals surface area contributed by atoms with Crippen molar-refractivity contribution in [3.05, 3.63) is 52.7 Å². The number of benzene rings is 1. The van der Waals surface area contributed by atoms with E-state index in [0.29, 0.717) is 50.9 Å². The molecule has 2 aromatic rings. The largest absolute Gasteiger partial charge is 0.416 e. The van der Waals surface area contributed by atoms with Gasteiger partial charge in [0, 0.05) is 43.3 Å². The summed E-state index contributed by atoms with van der Waals surface area (Å²) in [7, 11) is 0. The molecule has 202 valence electrons. The van der Waals surface area contributed by atoms with Crippen molar-refractivity contribution in [1.29, 1.82) is 0 Å². The smallest absolute Gasteiger partial charge is 0.387 e. The molecule has 0 radical (unpaired) electrons. The van der Waals surface area contributed by atoms with Gasteiger partial charge in [-0.25, -0.2) is 14.4 Å². The fourth-order valence-electron chi connectivity index (χ4n) is 5.23. The van der Waals surface area contributed by atoms with Gasteiger partial charge in [-0.2, -0.15) is 13.2 Å². The van der Waals surface area contributed by atoms with Gasteiger partial charge < -0.3 is 20.2 Å². The first-order valence-electron chi connectivity index (χ1n) is 12.6. The molecule has 1 saturated heterocycles. The van der Waals surface area contributed by atoms with E-state index in [9.17, 15) is 27.5 Å². The van der Waals surface area contributed by atoms with Crippen molar-refractivity contribution in [2.45, 2.75) is 63.8 Å². The van der Waals surface area contributed by atoms with Crippen molar-refractivity contribution in [3.8, 4) is 0 Å². The highest BCUT2D eigenvalue weighted by Crippen LogP contribution is 2.43. The second kappa shape index (κ2) is 10.9. The Morgan fingerprint density at radius 2 is 1.89 bits per heavy atom. The summed E-state index contributed by atoms with van der Waals surface area (Å²) < 4.78 is 54.1. The lowest BCUT2D eigenvalue weighted by molar-refractivity contribution is -0.137. The lowest BCUT2D eigenvalue weighted by atomic mass is 9.92. The summed E-state index contributed by atoms with van der Waals surface area (Å²) >= 11 is 0. The van der Waals surface area contributed by atoms with Crippen LogP contribution < -0.4 is 10.2 Å². The number of piperazine rings is 1. The molecular formula is C26H33F4N5O2. The second-order valence-corrected chi connectivity index (χ2v) is 10.1. The predicted octanol–water partition coefficient (Wildman–Crippen LogP) is 4.00. The third-order valence-corrected chi connectivity index (χ3v) is 7.16. The minimum atomic E-state index is -4.66. The zero-order valence-electron chi connectivity index (χ0n) is 21.2. The molecule has 2 aliphatic rings. The van der Waals surface area contributed by atoms with Crippen LogP contribution in [0.1, 0.15) is 73.9 Å². The number of aliphatic hydroxyl groups is 1. The first-order valence-corrected chi connectivity index (χ1v) is 12.6. The van der Waals surface area contributed by atoms with Gasteiger partial charge in [-0.05, 0) is 37.4 Å². The summed E-state index contributed by atoms with van der Waals surface area (Å²) in [6.07, 6.45) is -2.99. The molecule has 1 amide bonds. The van der Waals surface area contributed by atoms with Crippen molar-refractivity contribution < 1.29 is 27.5 Å². The van der Waals surface area contributed by atoms with Crippen LogP contribution in [0, 0.1) is 5.82 Å². The molecule has 2 heterocycles. The Balaban J connectivity index is 1.51. The number of nitrogens with zero attached hydrogens (tertiary/aromatic N) is 4. The second-order valence-electron chi connectivity index (χ2n) is 10.1. The molecule has 1 aromatic carbocycles. The van der Waals surface area contributed by atoms with Crippen LogP contribution in [-0.4, -0.2) is 64.6 Å². The highest BCUT2D eigenvalue weighted by atomic mass is 19.4. The van der Waals surface area contributed by atoms with Crippen LogP contribution in [0.5, 0.6) is 0 Å². The average Bonchev–Trinajstić information content (AvgIpc) is 3.14. The lowest BCUT2D eigenvalue weighted by Gasteiger charge is -2.38. The number of carbonyl (C=O) groups excluding carboxylic acids is 1. The molecular weight excluding hydrogens is 490 g/mol. The van der Waals surface area contributed by atoms with Crippen molar-refractivity contribution in [3.63, 3.8) is 0 Å². The number of fused-ring (bicyclic) bond motifs is 1. The van der Waals surface area contributed by atoms with E-state index in [0.717, 1.165) is 23.5 Å². The maximum Gasteiger partial charge on any atom is 0.416 e. The van der Waals surface area contributed by atoms with Gasteiger partial charge >= 0.3 is 6.18 Å². The summed E-state index contributed by atoms with van der Waals surface area (Å²) in [5.74, 6) is -1.37. The topological polar surface area (TPSA) is 81.6 Å². The zero-order chi connectivity index (χ0) is 26.9. The lowest BCUT2D eigenvalue weighted by Crippen LogP contribution is -2.50. The van der Waals surface area contributed by atoms with E-state index in [1.165, 1.54) is 6.33 Å². The number of hydrogen-bond acceptors (Lipinski definition) is 6. The number of anilines is 1. The monoisotopic (exact) mass is 523 g/mol. The van der Waals surface area contributed by atoms with Gasteiger partial charge in [-0.3, -0.25) is 4.79 Å². The van der Waals surface area contributed by atoms with Crippen LogP contribution in [0.2, 0.25) is 0 Å². The number of nitrogens with one attached hydrogen (secondary N) is 1. The molecule has 2 N–H and O–H groups in total. The molecule has 1 aromatic heterocycles. The van der Waals surface area contributed by atoms with Crippen LogP contribution in [0.3, 0.4) is 0 Å². The van der Waals surface area contributed by atoms with E-state index in [-0.39, 0.29) is 29.9 Å². The highest BCUT2D eigenvalue weighted by Gasteiger charge is 2.36. The van der Waals surface area contributed by atoms with Crippen molar-refractivity contribution >= 4 is 11.7 Å². The summed E-state index contributed by atoms with van der Waals surface area (Å²) in [6.45, 7) is 8.04. The van der Waals surface area contributed by atoms with Gasteiger partial charge in [0.2, 0.25) is 5.91 Å². The molecule has 0 spiro atoms. The van der Waals surface area contributed by atoms with Gasteiger partial charge in [-0.1, -0.05) is 26.8 Å². The molecule has 4 rings (SSSR count). The number of halogens is 4. The van der Waals surface area contributed by atoms with E-state index in [4.69, 9.17) is 0 Å². The van der Waals surface area contributed by atoms with E-state index in [1.54, 1.807) is 4.90 Å². The van der Waals surface area contributed by atoms with Gasteiger partial charge in [-0.15, -0.1) is 0 Å². The SMILES string of the molecule is CC(C)NCC[C@@H](C(=O)N1CCN(c2ncnc3c2[C@H](C)C[C@@H]3O)CC1)c1ccc(C(F)(F)F)cc1F. The fraction of sp³-hybridized carbons (Fsp3) is 0.577. The first kappa shape index (κ1) is 27.3. The Morgan fingerprint density at radius 3 is 2.51 bits per heavy atom. The number of alkyl halides is 3. The van der Waals surface area contributed by atoms with Gasteiger partial charge in [0.25, 0.3) is 0 Å². The number of amides is 1. The van der Waals surface area contributed by atoms with E-state index in [2.05, 4.69) is 20.2 Å². The minimum Gasteiger partial charge on any atom is -0.387 e. The molecule has 0 unspecified atom stereocenters. The van der Waals surface area contributed by atoms with Gasteiger partial charge in [0.05, 0.1) is 23.3 Å². The summed E-state index contributed by atoms with van der Waals surface area (Å²) in [5, 5.41) is 13.5. The van der Waals surface area contributed by atoms with Crippen LogP contribution >= 0.6 is 0 Å². The van der Waals surface area contributed by atoms with Crippen LogP contribution in [-0.2, 0) is 11.0 Å². The molecule has 1 aliphatic heterocycles. The predicted molar refractivity (Wildman–Crippen MR) is 131 cm³/mol. The first-order chi connectivity index (χ1) is 17.5. The summed E-state index contributed by atoms with van der Waals surface area (Å²) in [6, 6.07) is 2.53. The van der Waals surface area contributed by atoms with E-state index >= 15 is 0 Å². The standard InChI is InChI=1S/C26H33F4N5O2/c1-15(2)31-7-6-19(18-5-4-17(13-20(18)27)26(28,29)30)25(37)35-10-8-34(9-11-35)24-22-16(3)12-21(36)23(22)32-14-33-24/h4-5,13-16,19,21,31,36H,6-12H2,1-3H3/t16-,19-,21+/m1/s1. The number of aliphatic hydroxyl groups excluding tert-OH is 1. The molecule has 1 fully saturated rings. The Kier molecular flexibility index (Phi) is 8.03. The van der Waals surface area contributed by atoms with Crippen molar-refractivity contribution in [2.24, 2.45) is 0 Å². The molecule has 3 atom stereocenters. The maximum absolute atomic E-state index is 14.9. The Labute approximate surface area is 213 Å². The van der Waals surface area contributed by atoms with E-state index < -0.39 is 29.6 Å². The molecule has 7 nitrogen and oxygen atoms in total. The molecule has 0 saturated carbocycles. The molecule has 11 heteroatoms. The molecule has 0 bridgehead atoms. The number of carbonyl (C=O) groups is 1. The normalized spacial score (nSPS) is 20.9. The minimum absolute atomic E-state index is 0.0255. The summed E-state index contributed by atoms with van der Waals surface area (Å²) in [5.41, 5.74) is 0.471. The Morgan fingerprint density at radius 1 is 1.19 bits per heavy atom. The fourth-order valence-corrected chi connectivity index (χ4v) is 5.23. The number of hydrogen-bond donors (Lipinski definition) is 2. The third-order valence-electron chi connectivity index (χ3n) is 7.16. The maximum atomic E-state index is 14.9. The molecule has 37 heavy (non-hydrogen) atoms. The van der Waals surface area contributed by atoms with Crippen molar-refractivity contribution in [2.75, 3.05) is 37.6 Å². The van der Waals surface area contributed by atoms with Crippen LogP contribution in [0.4, 0.5) is 23.4 Å². The quantitative estimate of drug-likeness (QED) is 0.534. The number of rotatable bonds is 7. The van der Waals surface area contributed by atoms with E-state index in [1.807, 2.05) is 20.8 Å².